The maximum atomic E-state index is 14.3. The fraction of sp³-hybridized carbons (Fsp3) is 0.932. The fourth-order valence-electron chi connectivity index (χ4n) is 13.5. The average Bonchev–Trinajstić information content (AvgIpc) is 3.50. The zero-order valence-electron chi connectivity index (χ0n) is 38.0. The average molecular weight is 985 g/mol. The van der Waals surface area contributed by atoms with Crippen LogP contribution in [0.4, 0.5) is 0 Å². The molecule has 0 aromatic rings. The molecular formula is C44H72O24. The lowest BCUT2D eigenvalue weighted by molar-refractivity contribution is -0.400. The highest BCUT2D eigenvalue weighted by molar-refractivity contribution is 5.77. The molecule has 26 atom stereocenters. The van der Waals surface area contributed by atoms with Gasteiger partial charge in [0.15, 0.2) is 18.9 Å². The summed E-state index contributed by atoms with van der Waals surface area (Å²) in [5, 5.41) is 148. The Balaban J connectivity index is 0.00000684. The van der Waals surface area contributed by atoms with Crippen molar-refractivity contribution in [2.45, 2.75) is 200 Å². The summed E-state index contributed by atoms with van der Waals surface area (Å²) in [7, 11) is 0. The molecule has 8 fully saturated rings. The van der Waals surface area contributed by atoms with Crippen LogP contribution in [0.25, 0.3) is 0 Å². The van der Waals surface area contributed by atoms with Crippen LogP contribution in [0.3, 0.4) is 0 Å². The van der Waals surface area contributed by atoms with Crippen molar-refractivity contribution in [2.75, 3.05) is 26.4 Å². The summed E-state index contributed by atoms with van der Waals surface area (Å²) in [6, 6.07) is 0. The number of rotatable bonds is 12. The van der Waals surface area contributed by atoms with Gasteiger partial charge in [0.2, 0.25) is 6.29 Å². The SMILES string of the molecule is C=C1C[C@@]23CC[C@H]4[C@@](C)(CCC[C@@]4(C)C(=O)O[C@@H]4O[C@H](CO)[C@@H](O)[C@H](O)[C@H]4O)[C@@H]2CC[C@]1(O[C@@H]1O[C@H](CO)[C@@H](O)[C@H](O[C@@H]2O[C@H](CO)[C@@H](O)[C@H](O)[C@H]2O)[C@H]1O[C@@H]1O[C@H](CO)[C@@H](O)[C@H](O)[C@H]1O)C3.O. The third-order valence-electron chi connectivity index (χ3n) is 17.1. The minimum atomic E-state index is -1.95. The van der Waals surface area contributed by atoms with Gasteiger partial charge in [0.25, 0.3) is 0 Å². The number of hydrogen-bond acceptors (Lipinski definition) is 23. The van der Waals surface area contributed by atoms with Gasteiger partial charge in [-0.25, -0.2) is 0 Å². The standard InChI is InChI=1S/C44H70O23.H2O/c1-17-11-43-9-5-22-41(2,7-4-8-42(22,3)40(59)66-38-33(58)30(55)26(51)20(14-47)62-38)23(43)6-10-44(17,16-43)67-39-35(65-37-32(57)29(54)25(50)19(13-46)61-37)34(27(52)21(15-48)63-39)64-36-31(56)28(53)24(49)18(12-45)60-36;/h18-39,45-58H,1,4-16H2,2-3H3;1H2/t18-,19-,20-,21-,22+,23+,24-,25-,26-,27-,28+,29+,30+,31-,32-,33-,34+,35-,36+,37+,38+,39+,41-,42-,43-,44+;/m1./s1. The highest BCUT2D eigenvalue weighted by Gasteiger charge is 2.70. The number of aliphatic hydroxyl groups is 14. The van der Waals surface area contributed by atoms with Crippen molar-refractivity contribution in [1.82, 2.24) is 0 Å². The van der Waals surface area contributed by atoms with Gasteiger partial charge in [0, 0.05) is 0 Å². The van der Waals surface area contributed by atoms with Crippen LogP contribution in [0.2, 0.25) is 0 Å². The molecule has 0 amide bonds. The van der Waals surface area contributed by atoms with Crippen LogP contribution in [-0.4, -0.2) is 238 Å². The molecule has 0 aromatic carbocycles. The third kappa shape index (κ3) is 8.89. The first-order valence-corrected chi connectivity index (χ1v) is 23.4. The molecule has 0 aromatic heterocycles. The van der Waals surface area contributed by atoms with Gasteiger partial charge in [-0.15, -0.1) is 0 Å². The zero-order chi connectivity index (χ0) is 48.7. The van der Waals surface area contributed by atoms with E-state index in [-0.39, 0.29) is 17.3 Å². The van der Waals surface area contributed by atoms with Crippen molar-refractivity contribution in [1.29, 1.82) is 0 Å². The van der Waals surface area contributed by atoms with Crippen molar-refractivity contribution in [3.8, 4) is 0 Å². The van der Waals surface area contributed by atoms with E-state index >= 15 is 0 Å². The van der Waals surface area contributed by atoms with E-state index in [4.69, 9.17) is 37.9 Å². The molecule has 68 heavy (non-hydrogen) atoms. The van der Waals surface area contributed by atoms with Crippen LogP contribution < -0.4 is 0 Å². The second kappa shape index (κ2) is 20.3. The van der Waals surface area contributed by atoms with Gasteiger partial charge >= 0.3 is 5.97 Å². The Bertz CT molecular complexity index is 1760. The Kier molecular flexibility index (Phi) is 16.2. The molecule has 4 aliphatic carbocycles. The summed E-state index contributed by atoms with van der Waals surface area (Å²) in [6.45, 7) is 5.41. The predicted molar refractivity (Wildman–Crippen MR) is 223 cm³/mol. The van der Waals surface area contributed by atoms with E-state index in [0.29, 0.717) is 56.9 Å². The third-order valence-corrected chi connectivity index (χ3v) is 17.1. The molecule has 8 aliphatic rings. The number of esters is 1. The monoisotopic (exact) mass is 984 g/mol. The van der Waals surface area contributed by atoms with Gasteiger partial charge in [0.1, 0.15) is 97.7 Å². The lowest BCUT2D eigenvalue weighted by Crippen LogP contribution is -2.68. The summed E-state index contributed by atoms with van der Waals surface area (Å²) in [4.78, 5) is 14.3. The minimum absolute atomic E-state index is 0. The van der Waals surface area contributed by atoms with E-state index in [1.54, 1.807) is 0 Å². The van der Waals surface area contributed by atoms with Crippen molar-refractivity contribution >= 4 is 5.97 Å². The Labute approximate surface area is 391 Å². The largest absolute Gasteiger partial charge is 0.432 e. The van der Waals surface area contributed by atoms with E-state index < -0.39 is 177 Å². The molecule has 4 aliphatic heterocycles. The van der Waals surface area contributed by atoms with Crippen molar-refractivity contribution < 1.29 is 120 Å². The van der Waals surface area contributed by atoms with Gasteiger partial charge in [-0.05, 0) is 86.5 Å². The summed E-state index contributed by atoms with van der Waals surface area (Å²) in [5.74, 6) is -0.805. The van der Waals surface area contributed by atoms with E-state index in [0.717, 1.165) is 6.42 Å². The van der Waals surface area contributed by atoms with Gasteiger partial charge in [-0.1, -0.05) is 19.9 Å². The van der Waals surface area contributed by atoms with E-state index in [9.17, 15) is 76.3 Å². The molecular weight excluding hydrogens is 912 g/mol. The van der Waals surface area contributed by atoms with Gasteiger partial charge in [-0.3, -0.25) is 4.79 Å². The number of ether oxygens (including phenoxy) is 8. The lowest BCUT2D eigenvalue weighted by Gasteiger charge is -2.64. The highest BCUT2D eigenvalue weighted by Crippen LogP contribution is 2.74. The zero-order valence-corrected chi connectivity index (χ0v) is 38.0. The molecule has 1 spiro atoms. The Morgan fingerprint density at radius 1 is 0.574 bits per heavy atom. The topological polar surface area (TPSA) is 406 Å². The van der Waals surface area contributed by atoms with Crippen LogP contribution in [-0.2, 0) is 42.7 Å². The Hall–Kier alpha value is -1.67. The molecule has 392 valence electrons. The summed E-state index contributed by atoms with van der Waals surface area (Å²) in [5.41, 5.74) is -2.33. The van der Waals surface area contributed by atoms with Gasteiger partial charge < -0.3 is 115 Å². The second-order valence-electron chi connectivity index (χ2n) is 20.8. The molecule has 0 radical (unpaired) electrons. The van der Waals surface area contributed by atoms with Crippen molar-refractivity contribution in [3.63, 3.8) is 0 Å². The number of hydrogen-bond donors (Lipinski definition) is 14. The molecule has 4 heterocycles. The first-order chi connectivity index (χ1) is 31.6. The van der Waals surface area contributed by atoms with Crippen molar-refractivity contribution in [2.24, 2.45) is 28.1 Å². The summed E-state index contributed by atoms with van der Waals surface area (Å²) < 4.78 is 48.2. The number of fused-ring (bicyclic) bond motifs is 3. The van der Waals surface area contributed by atoms with Crippen LogP contribution in [0.5, 0.6) is 0 Å². The van der Waals surface area contributed by atoms with E-state index in [2.05, 4.69) is 13.5 Å². The Morgan fingerprint density at radius 2 is 1.03 bits per heavy atom. The predicted octanol–water partition coefficient (Wildman–Crippen LogP) is -5.94. The van der Waals surface area contributed by atoms with Crippen LogP contribution >= 0.6 is 0 Å². The molecule has 0 unspecified atom stereocenters. The summed E-state index contributed by atoms with van der Waals surface area (Å²) >= 11 is 0. The Morgan fingerprint density at radius 3 is 1.56 bits per heavy atom. The van der Waals surface area contributed by atoms with Crippen LogP contribution in [0.1, 0.15) is 71.6 Å². The van der Waals surface area contributed by atoms with Gasteiger partial charge in [-0.2, -0.15) is 0 Å². The normalized spacial score (nSPS) is 53.7. The lowest BCUT2D eigenvalue weighted by atomic mass is 9.41. The quantitative estimate of drug-likeness (QED) is 0.0492. The minimum Gasteiger partial charge on any atom is -0.432 e. The first kappa shape index (κ1) is 54.1. The maximum Gasteiger partial charge on any atom is 0.314 e. The van der Waals surface area contributed by atoms with Gasteiger partial charge in [0.05, 0.1) is 37.4 Å². The maximum absolute atomic E-state index is 14.3. The van der Waals surface area contributed by atoms with Crippen molar-refractivity contribution in [3.05, 3.63) is 12.2 Å². The van der Waals surface area contributed by atoms with Crippen LogP contribution in [0, 0.1) is 28.1 Å². The number of carbonyl (C=O) groups is 1. The summed E-state index contributed by atoms with van der Waals surface area (Å²) in [6.07, 6.45) is -29.1. The van der Waals surface area contributed by atoms with Crippen LogP contribution in [0.15, 0.2) is 12.2 Å². The smallest absolute Gasteiger partial charge is 0.314 e. The molecule has 4 saturated carbocycles. The second-order valence-corrected chi connectivity index (χ2v) is 20.8. The number of carbonyl (C=O) groups excluding carboxylic acids is 1. The molecule has 16 N–H and O–H groups in total. The molecule has 24 nitrogen and oxygen atoms in total. The van der Waals surface area contributed by atoms with E-state index in [1.807, 2.05) is 6.92 Å². The fourth-order valence-corrected chi connectivity index (χ4v) is 13.5. The van der Waals surface area contributed by atoms with E-state index in [1.165, 1.54) is 0 Å². The molecule has 24 heteroatoms. The highest BCUT2D eigenvalue weighted by atomic mass is 16.8. The molecule has 4 saturated heterocycles. The molecule has 8 rings (SSSR count). The first-order valence-electron chi connectivity index (χ1n) is 23.4. The number of aliphatic hydroxyl groups excluding tert-OH is 14. The molecule has 2 bridgehead atoms.